The summed E-state index contributed by atoms with van der Waals surface area (Å²) in [5.74, 6) is 0.966. The Kier molecular flexibility index (Phi) is 3.14. The summed E-state index contributed by atoms with van der Waals surface area (Å²) in [4.78, 5) is 2.00. The van der Waals surface area contributed by atoms with E-state index in [-0.39, 0.29) is 5.75 Å². The molecule has 0 aliphatic heterocycles. The number of nitrogens with zero attached hydrogens (tertiary/aromatic N) is 1. The molecule has 1 aromatic carbocycles. The monoisotopic (exact) mass is 181 g/mol. The first-order valence-corrected chi connectivity index (χ1v) is 4.14. The van der Waals surface area contributed by atoms with E-state index < -0.39 is 0 Å². The molecule has 0 saturated carbocycles. The van der Waals surface area contributed by atoms with E-state index in [0.717, 1.165) is 12.1 Å². The first-order chi connectivity index (χ1) is 6.13. The molecule has 3 nitrogen and oxygen atoms in total. The second-order valence-electron chi connectivity index (χ2n) is 3.23. The molecule has 0 unspecified atom stereocenters. The van der Waals surface area contributed by atoms with Gasteiger partial charge in [0.15, 0.2) is 0 Å². The van der Waals surface area contributed by atoms with Gasteiger partial charge in [-0.25, -0.2) is 0 Å². The molecular weight excluding hydrogens is 166 g/mol. The van der Waals surface area contributed by atoms with Crippen LogP contribution in [0, 0.1) is 0 Å². The van der Waals surface area contributed by atoms with Crippen molar-refractivity contribution in [2.75, 3.05) is 21.2 Å². The molecule has 0 saturated heterocycles. The Morgan fingerprint density at radius 2 is 2.08 bits per heavy atom. The van der Waals surface area contributed by atoms with Crippen molar-refractivity contribution in [3.8, 4) is 11.5 Å². The van der Waals surface area contributed by atoms with Gasteiger partial charge in [-0.2, -0.15) is 0 Å². The maximum atomic E-state index is 9.56. The number of methoxy groups -OCH3 is 1. The smallest absolute Gasteiger partial charge is 0.123 e. The van der Waals surface area contributed by atoms with Gasteiger partial charge in [0.2, 0.25) is 0 Å². The summed E-state index contributed by atoms with van der Waals surface area (Å²) in [5, 5.41) is 9.56. The van der Waals surface area contributed by atoms with E-state index in [0.29, 0.717) is 5.75 Å². The molecule has 72 valence electrons. The first kappa shape index (κ1) is 9.86. The predicted molar refractivity (Wildman–Crippen MR) is 52.0 cm³/mol. The van der Waals surface area contributed by atoms with Crippen LogP contribution in [0.5, 0.6) is 11.5 Å². The topological polar surface area (TPSA) is 32.7 Å². The summed E-state index contributed by atoms with van der Waals surface area (Å²) in [6.45, 7) is 0.732. The average Bonchev–Trinajstić information content (AvgIpc) is 2.08. The van der Waals surface area contributed by atoms with E-state index in [1.165, 1.54) is 0 Å². The van der Waals surface area contributed by atoms with Gasteiger partial charge in [0.25, 0.3) is 0 Å². The Hall–Kier alpha value is -1.22. The second-order valence-corrected chi connectivity index (χ2v) is 3.23. The van der Waals surface area contributed by atoms with E-state index in [2.05, 4.69) is 0 Å². The number of phenolic OH excluding ortho intramolecular Hbond substituents is 1. The van der Waals surface area contributed by atoms with Crippen molar-refractivity contribution in [2.24, 2.45) is 0 Å². The van der Waals surface area contributed by atoms with Crippen LogP contribution in [0.4, 0.5) is 0 Å². The Labute approximate surface area is 78.6 Å². The van der Waals surface area contributed by atoms with Crippen LogP contribution in [0.1, 0.15) is 5.56 Å². The van der Waals surface area contributed by atoms with Crippen LogP contribution in [-0.4, -0.2) is 31.2 Å². The number of hydrogen-bond acceptors (Lipinski definition) is 3. The third kappa shape index (κ3) is 2.63. The van der Waals surface area contributed by atoms with E-state index in [1.54, 1.807) is 13.2 Å². The lowest BCUT2D eigenvalue weighted by Crippen LogP contribution is -2.10. The quantitative estimate of drug-likeness (QED) is 0.766. The number of aromatic hydroxyl groups is 1. The Balaban J connectivity index is 2.85. The maximum absolute atomic E-state index is 9.56. The van der Waals surface area contributed by atoms with Crippen LogP contribution in [0.2, 0.25) is 0 Å². The van der Waals surface area contributed by atoms with Crippen molar-refractivity contribution in [3.05, 3.63) is 23.8 Å². The number of ether oxygens (including phenoxy) is 1. The van der Waals surface area contributed by atoms with Gasteiger partial charge in [-0.05, 0) is 20.2 Å². The highest BCUT2D eigenvalue weighted by molar-refractivity contribution is 5.39. The van der Waals surface area contributed by atoms with Gasteiger partial charge in [-0.15, -0.1) is 0 Å². The van der Waals surface area contributed by atoms with Crippen molar-refractivity contribution < 1.29 is 9.84 Å². The minimum atomic E-state index is 0.285. The molecule has 0 spiro atoms. The molecule has 0 bridgehead atoms. The highest BCUT2D eigenvalue weighted by Crippen LogP contribution is 2.23. The summed E-state index contributed by atoms with van der Waals surface area (Å²) in [7, 11) is 5.51. The summed E-state index contributed by atoms with van der Waals surface area (Å²) in [6.07, 6.45) is 0. The largest absolute Gasteiger partial charge is 0.507 e. The van der Waals surface area contributed by atoms with Gasteiger partial charge in [0.05, 0.1) is 7.11 Å². The van der Waals surface area contributed by atoms with Gasteiger partial charge in [-0.1, -0.05) is 6.07 Å². The summed E-state index contributed by atoms with van der Waals surface area (Å²) < 4.78 is 4.98. The third-order valence-electron chi connectivity index (χ3n) is 1.78. The van der Waals surface area contributed by atoms with Crippen molar-refractivity contribution in [1.82, 2.24) is 4.90 Å². The Morgan fingerprint density at radius 1 is 1.38 bits per heavy atom. The molecule has 1 aromatic rings. The van der Waals surface area contributed by atoms with Gasteiger partial charge < -0.3 is 14.7 Å². The molecule has 0 atom stereocenters. The van der Waals surface area contributed by atoms with Crippen LogP contribution in [0.25, 0.3) is 0 Å². The molecule has 1 rings (SSSR count). The van der Waals surface area contributed by atoms with Crippen molar-refractivity contribution in [2.45, 2.75) is 6.54 Å². The number of rotatable bonds is 3. The minimum Gasteiger partial charge on any atom is -0.507 e. The maximum Gasteiger partial charge on any atom is 0.123 e. The molecule has 1 N–H and O–H groups in total. The fourth-order valence-electron chi connectivity index (χ4n) is 1.15. The highest BCUT2D eigenvalue weighted by atomic mass is 16.5. The zero-order valence-corrected chi connectivity index (χ0v) is 8.24. The normalized spacial score (nSPS) is 10.5. The van der Waals surface area contributed by atoms with Crippen LogP contribution < -0.4 is 4.74 Å². The van der Waals surface area contributed by atoms with E-state index in [1.807, 2.05) is 31.1 Å². The zero-order valence-electron chi connectivity index (χ0n) is 8.24. The molecule has 0 aromatic heterocycles. The molecule has 0 aliphatic rings. The summed E-state index contributed by atoms with van der Waals surface area (Å²) >= 11 is 0. The molecule has 3 heteroatoms. The van der Waals surface area contributed by atoms with Crippen LogP contribution in [0.15, 0.2) is 18.2 Å². The van der Waals surface area contributed by atoms with Crippen LogP contribution in [-0.2, 0) is 6.54 Å². The van der Waals surface area contributed by atoms with Crippen molar-refractivity contribution in [1.29, 1.82) is 0 Å². The van der Waals surface area contributed by atoms with Gasteiger partial charge in [0, 0.05) is 18.2 Å². The molecule has 0 fully saturated rings. The second kappa shape index (κ2) is 4.14. The van der Waals surface area contributed by atoms with E-state index >= 15 is 0 Å². The lowest BCUT2D eigenvalue weighted by molar-refractivity contribution is 0.380. The third-order valence-corrected chi connectivity index (χ3v) is 1.78. The Bertz CT molecular complexity index is 284. The van der Waals surface area contributed by atoms with E-state index in [4.69, 9.17) is 4.74 Å². The lowest BCUT2D eigenvalue weighted by Gasteiger charge is -2.11. The first-order valence-electron chi connectivity index (χ1n) is 4.14. The van der Waals surface area contributed by atoms with E-state index in [9.17, 15) is 5.11 Å². The summed E-state index contributed by atoms with van der Waals surface area (Å²) in [5.41, 5.74) is 0.908. The molecule has 0 aliphatic carbocycles. The van der Waals surface area contributed by atoms with Crippen molar-refractivity contribution >= 4 is 0 Å². The predicted octanol–water partition coefficient (Wildman–Crippen LogP) is 1.46. The van der Waals surface area contributed by atoms with Gasteiger partial charge in [-0.3, -0.25) is 0 Å². The minimum absolute atomic E-state index is 0.285. The molecule has 0 radical (unpaired) electrons. The molecular formula is C10H15NO2. The zero-order chi connectivity index (χ0) is 9.84. The number of phenols is 1. The number of benzene rings is 1. The lowest BCUT2D eigenvalue weighted by atomic mass is 10.2. The standard InChI is InChI=1S/C10H15NO2/c1-11(2)7-8-4-5-9(13-3)6-10(8)12/h4-6,12H,7H2,1-3H3. The van der Waals surface area contributed by atoms with Crippen LogP contribution in [0.3, 0.4) is 0 Å². The fraction of sp³-hybridized carbons (Fsp3) is 0.400. The number of hydrogen-bond donors (Lipinski definition) is 1. The summed E-state index contributed by atoms with van der Waals surface area (Å²) in [6, 6.07) is 5.34. The molecule has 0 amide bonds. The highest BCUT2D eigenvalue weighted by Gasteiger charge is 2.03. The van der Waals surface area contributed by atoms with Gasteiger partial charge in [0.1, 0.15) is 11.5 Å². The molecule has 0 heterocycles. The Morgan fingerprint density at radius 3 is 2.54 bits per heavy atom. The average molecular weight is 181 g/mol. The molecule has 13 heavy (non-hydrogen) atoms. The van der Waals surface area contributed by atoms with Crippen LogP contribution >= 0.6 is 0 Å². The van der Waals surface area contributed by atoms with Gasteiger partial charge >= 0.3 is 0 Å². The fourth-order valence-corrected chi connectivity index (χ4v) is 1.15. The SMILES string of the molecule is COc1ccc(CN(C)C)c(O)c1. The van der Waals surface area contributed by atoms with Crippen molar-refractivity contribution in [3.63, 3.8) is 0 Å².